The molecule has 4 heteroatoms. The van der Waals surface area contributed by atoms with Crippen molar-refractivity contribution in [1.29, 1.82) is 0 Å². The maximum absolute atomic E-state index is 11.7. The molecule has 19 heavy (non-hydrogen) atoms. The number of benzene rings is 1. The molecule has 0 saturated carbocycles. The zero-order chi connectivity index (χ0) is 14.5. The highest BCUT2D eigenvalue weighted by molar-refractivity contribution is 5.77. The van der Waals surface area contributed by atoms with Gasteiger partial charge in [-0.25, -0.2) is 0 Å². The summed E-state index contributed by atoms with van der Waals surface area (Å²) in [5, 5.41) is 2.88. The molecule has 106 valence electrons. The Hall–Kier alpha value is -1.71. The van der Waals surface area contributed by atoms with E-state index in [9.17, 15) is 4.79 Å². The van der Waals surface area contributed by atoms with E-state index in [1.54, 1.807) is 24.3 Å². The maximum atomic E-state index is 11.7. The molecule has 0 radical (unpaired) electrons. The quantitative estimate of drug-likeness (QED) is 0.803. The van der Waals surface area contributed by atoms with E-state index in [1.807, 2.05) is 0 Å². The summed E-state index contributed by atoms with van der Waals surface area (Å²) in [5.74, 6) is 0.953. The second kappa shape index (κ2) is 6.45. The van der Waals surface area contributed by atoms with Crippen LogP contribution in [0.15, 0.2) is 24.3 Å². The van der Waals surface area contributed by atoms with E-state index in [0.717, 1.165) is 0 Å². The number of ether oxygens (including phenoxy) is 1. The first-order chi connectivity index (χ1) is 8.79. The lowest BCUT2D eigenvalue weighted by Gasteiger charge is -2.27. The van der Waals surface area contributed by atoms with E-state index >= 15 is 0 Å². The molecule has 1 rings (SSSR count). The van der Waals surface area contributed by atoms with E-state index in [0.29, 0.717) is 23.9 Å². The Morgan fingerprint density at radius 3 is 2.42 bits per heavy atom. The fourth-order valence-electron chi connectivity index (χ4n) is 1.34. The summed E-state index contributed by atoms with van der Waals surface area (Å²) in [5.41, 5.74) is 6.43. The number of carbonyl (C=O) groups is 1. The molecular weight excluding hydrogens is 240 g/mol. The van der Waals surface area contributed by atoms with Gasteiger partial charge in [0.15, 0.2) is 6.61 Å². The molecule has 0 bridgehead atoms. The lowest BCUT2D eigenvalue weighted by atomic mass is 9.82. The van der Waals surface area contributed by atoms with E-state index in [2.05, 4.69) is 33.0 Å². The predicted octanol–water partition coefficient (Wildman–Crippen LogP) is 2.45. The minimum atomic E-state index is -0.104. The van der Waals surface area contributed by atoms with Crippen LogP contribution >= 0.6 is 0 Å². The Balaban J connectivity index is 2.30. The van der Waals surface area contributed by atoms with Crippen molar-refractivity contribution in [3.05, 3.63) is 24.3 Å². The molecule has 1 aromatic carbocycles. The first-order valence-electron chi connectivity index (χ1n) is 6.54. The minimum Gasteiger partial charge on any atom is -0.484 e. The molecule has 0 spiro atoms. The monoisotopic (exact) mass is 264 g/mol. The summed E-state index contributed by atoms with van der Waals surface area (Å²) in [4.78, 5) is 11.7. The van der Waals surface area contributed by atoms with Gasteiger partial charge in [-0.3, -0.25) is 4.79 Å². The Bertz CT molecular complexity index is 407. The number of nitrogen functional groups attached to an aromatic ring is 1. The van der Waals surface area contributed by atoms with Gasteiger partial charge in [0.05, 0.1) is 0 Å². The van der Waals surface area contributed by atoms with Crippen LogP contribution in [-0.4, -0.2) is 19.1 Å². The zero-order valence-electron chi connectivity index (χ0n) is 12.2. The van der Waals surface area contributed by atoms with Gasteiger partial charge in [-0.15, -0.1) is 0 Å². The Labute approximate surface area is 115 Å². The average molecular weight is 264 g/mol. The SMILES string of the molecule is CC(CNC(=O)COc1ccc(N)cc1)C(C)(C)C. The van der Waals surface area contributed by atoms with Crippen LogP contribution in [0.4, 0.5) is 5.69 Å². The predicted molar refractivity (Wildman–Crippen MR) is 78.0 cm³/mol. The van der Waals surface area contributed by atoms with Crippen molar-refractivity contribution in [2.75, 3.05) is 18.9 Å². The number of amides is 1. The third kappa shape index (κ3) is 5.64. The largest absolute Gasteiger partial charge is 0.484 e. The van der Waals surface area contributed by atoms with E-state index in [-0.39, 0.29) is 17.9 Å². The van der Waals surface area contributed by atoms with Crippen LogP contribution in [0.5, 0.6) is 5.75 Å². The molecular formula is C15H24N2O2. The van der Waals surface area contributed by atoms with Crippen molar-refractivity contribution in [2.24, 2.45) is 11.3 Å². The van der Waals surface area contributed by atoms with E-state index in [4.69, 9.17) is 10.5 Å². The highest BCUT2D eigenvalue weighted by atomic mass is 16.5. The molecule has 1 aromatic rings. The molecule has 0 heterocycles. The van der Waals surface area contributed by atoms with Gasteiger partial charge in [-0.1, -0.05) is 27.7 Å². The second-order valence-electron chi connectivity index (χ2n) is 5.93. The molecule has 0 aliphatic rings. The molecule has 3 N–H and O–H groups in total. The third-order valence-corrected chi connectivity index (χ3v) is 3.33. The summed E-state index contributed by atoms with van der Waals surface area (Å²) in [6, 6.07) is 6.99. The Morgan fingerprint density at radius 1 is 1.32 bits per heavy atom. The fourth-order valence-corrected chi connectivity index (χ4v) is 1.34. The van der Waals surface area contributed by atoms with Crippen LogP contribution < -0.4 is 15.8 Å². The van der Waals surface area contributed by atoms with Crippen molar-refractivity contribution in [2.45, 2.75) is 27.7 Å². The summed E-state index contributed by atoms with van der Waals surface area (Å²) >= 11 is 0. The number of nitrogens with one attached hydrogen (secondary N) is 1. The van der Waals surface area contributed by atoms with Crippen LogP contribution in [0.2, 0.25) is 0 Å². The fraction of sp³-hybridized carbons (Fsp3) is 0.533. The van der Waals surface area contributed by atoms with Crippen LogP contribution in [-0.2, 0) is 4.79 Å². The van der Waals surface area contributed by atoms with E-state index < -0.39 is 0 Å². The topological polar surface area (TPSA) is 64.3 Å². The summed E-state index contributed by atoms with van der Waals surface area (Å²) in [7, 11) is 0. The van der Waals surface area contributed by atoms with Crippen LogP contribution in [0.1, 0.15) is 27.7 Å². The van der Waals surface area contributed by atoms with Crippen molar-refractivity contribution < 1.29 is 9.53 Å². The molecule has 0 aromatic heterocycles. The van der Waals surface area contributed by atoms with Gasteiger partial charge >= 0.3 is 0 Å². The summed E-state index contributed by atoms with van der Waals surface area (Å²) in [6.45, 7) is 9.30. The second-order valence-corrected chi connectivity index (χ2v) is 5.93. The highest BCUT2D eigenvalue weighted by Gasteiger charge is 2.20. The van der Waals surface area contributed by atoms with Crippen LogP contribution in [0.3, 0.4) is 0 Å². The molecule has 0 saturated heterocycles. The highest BCUT2D eigenvalue weighted by Crippen LogP contribution is 2.24. The number of carbonyl (C=O) groups excluding carboxylic acids is 1. The molecule has 0 aliphatic carbocycles. The maximum Gasteiger partial charge on any atom is 0.257 e. The van der Waals surface area contributed by atoms with Gasteiger partial charge in [0.25, 0.3) is 5.91 Å². The van der Waals surface area contributed by atoms with Gasteiger partial charge in [0.2, 0.25) is 0 Å². The third-order valence-electron chi connectivity index (χ3n) is 3.33. The Kier molecular flexibility index (Phi) is 5.21. The van der Waals surface area contributed by atoms with Crippen LogP contribution in [0.25, 0.3) is 0 Å². The van der Waals surface area contributed by atoms with Gasteiger partial charge in [0, 0.05) is 12.2 Å². The van der Waals surface area contributed by atoms with Gasteiger partial charge in [-0.05, 0) is 35.6 Å². The molecule has 1 unspecified atom stereocenters. The molecule has 1 amide bonds. The summed E-state index contributed by atoms with van der Waals surface area (Å²) in [6.07, 6.45) is 0. The van der Waals surface area contributed by atoms with Gasteiger partial charge < -0.3 is 15.8 Å². The van der Waals surface area contributed by atoms with Gasteiger partial charge in [0.1, 0.15) is 5.75 Å². The lowest BCUT2D eigenvalue weighted by Crippen LogP contribution is -2.36. The van der Waals surface area contributed by atoms with Crippen LogP contribution in [0, 0.1) is 11.3 Å². The first-order valence-corrected chi connectivity index (χ1v) is 6.54. The Morgan fingerprint density at radius 2 is 1.89 bits per heavy atom. The number of nitrogens with two attached hydrogens (primary N) is 1. The smallest absolute Gasteiger partial charge is 0.257 e. The van der Waals surface area contributed by atoms with Gasteiger partial charge in [-0.2, -0.15) is 0 Å². The van der Waals surface area contributed by atoms with Crippen molar-refractivity contribution in [3.8, 4) is 5.75 Å². The lowest BCUT2D eigenvalue weighted by molar-refractivity contribution is -0.123. The molecule has 1 atom stereocenters. The molecule has 0 aliphatic heterocycles. The number of hydrogen-bond acceptors (Lipinski definition) is 3. The summed E-state index contributed by atoms with van der Waals surface area (Å²) < 4.78 is 5.37. The standard InChI is InChI=1S/C15H24N2O2/c1-11(15(2,3)4)9-17-14(18)10-19-13-7-5-12(16)6-8-13/h5-8,11H,9-10,16H2,1-4H3,(H,17,18). The average Bonchev–Trinajstić information content (AvgIpc) is 2.34. The number of rotatable bonds is 5. The van der Waals surface area contributed by atoms with E-state index in [1.165, 1.54) is 0 Å². The normalized spacial score (nSPS) is 12.8. The van der Waals surface area contributed by atoms with Crippen molar-refractivity contribution in [1.82, 2.24) is 5.32 Å². The number of anilines is 1. The van der Waals surface area contributed by atoms with Crippen molar-refractivity contribution >= 4 is 11.6 Å². The zero-order valence-corrected chi connectivity index (χ0v) is 12.2. The molecule has 0 fully saturated rings. The minimum absolute atomic E-state index is 0.0286. The molecule has 4 nitrogen and oxygen atoms in total. The number of hydrogen-bond donors (Lipinski definition) is 2. The van der Waals surface area contributed by atoms with Crippen molar-refractivity contribution in [3.63, 3.8) is 0 Å². The first kappa shape index (κ1) is 15.3.